The maximum Gasteiger partial charge on any atom is 0.165 e. The fourth-order valence-electron chi connectivity index (χ4n) is 3.89. The number of aryl methyl sites for hydroxylation is 1. The lowest BCUT2D eigenvalue weighted by molar-refractivity contribution is 1.03. The summed E-state index contributed by atoms with van der Waals surface area (Å²) in [6, 6.07) is 16.2. The molecule has 1 aliphatic rings. The number of nitrogen functional groups attached to an aromatic ring is 1. The summed E-state index contributed by atoms with van der Waals surface area (Å²) in [6.45, 7) is 2.15. The molecule has 5 rings (SSSR count). The minimum atomic E-state index is 0.436. The van der Waals surface area contributed by atoms with Gasteiger partial charge in [0.15, 0.2) is 11.5 Å². The van der Waals surface area contributed by atoms with Crippen molar-refractivity contribution in [2.24, 2.45) is 0 Å². The summed E-state index contributed by atoms with van der Waals surface area (Å²) in [5.74, 6) is 1.15. The first kappa shape index (κ1) is 19.5. The zero-order chi connectivity index (χ0) is 21.4. The lowest BCUT2D eigenvalue weighted by Gasteiger charge is -2.13. The lowest BCUT2D eigenvalue weighted by Crippen LogP contribution is -2.03. The van der Waals surface area contributed by atoms with Crippen LogP contribution in [0.3, 0.4) is 0 Å². The molecule has 0 spiro atoms. The van der Waals surface area contributed by atoms with Crippen LogP contribution in [0, 0.1) is 0 Å². The van der Waals surface area contributed by atoms with Gasteiger partial charge in [-0.3, -0.25) is 4.57 Å². The Morgan fingerprint density at radius 3 is 2.55 bits per heavy atom. The van der Waals surface area contributed by atoms with Crippen molar-refractivity contribution in [3.05, 3.63) is 83.2 Å². The highest BCUT2D eigenvalue weighted by Crippen LogP contribution is 2.34. The summed E-state index contributed by atoms with van der Waals surface area (Å²) >= 11 is 6.49. The van der Waals surface area contributed by atoms with Crippen molar-refractivity contribution in [1.82, 2.24) is 19.5 Å². The highest BCUT2D eigenvalue weighted by Gasteiger charge is 2.19. The van der Waals surface area contributed by atoms with E-state index in [1.54, 1.807) is 6.20 Å². The standard InChI is InChI=1S/C25H22ClN5/c1-2-16-9-11-17(12-10-16)31-24(19-7-5-15-28-23(19)27)30-22-14-13-21(29-25(22)31)18-6-3-4-8-20(18)26/h5-15H,2-4H2,1H3,(H2,27,28). The van der Waals surface area contributed by atoms with Gasteiger partial charge in [-0.25, -0.2) is 15.0 Å². The van der Waals surface area contributed by atoms with Crippen LogP contribution in [0.25, 0.3) is 33.8 Å². The molecule has 0 amide bonds. The molecule has 4 aromatic rings. The van der Waals surface area contributed by atoms with E-state index in [1.165, 1.54) is 5.56 Å². The third kappa shape index (κ3) is 3.51. The smallest absolute Gasteiger partial charge is 0.165 e. The molecule has 0 atom stereocenters. The fourth-order valence-corrected chi connectivity index (χ4v) is 4.18. The van der Waals surface area contributed by atoms with Crippen molar-refractivity contribution in [2.45, 2.75) is 26.2 Å². The van der Waals surface area contributed by atoms with Gasteiger partial charge in [0, 0.05) is 22.5 Å². The Hall–Kier alpha value is -3.44. The fraction of sp³-hybridized carbons (Fsp3) is 0.160. The molecular weight excluding hydrogens is 406 g/mol. The first-order valence-corrected chi connectivity index (χ1v) is 10.8. The van der Waals surface area contributed by atoms with Gasteiger partial charge in [0.1, 0.15) is 11.3 Å². The summed E-state index contributed by atoms with van der Waals surface area (Å²) in [7, 11) is 0. The van der Waals surface area contributed by atoms with Crippen LogP contribution in [0.1, 0.15) is 31.0 Å². The van der Waals surface area contributed by atoms with E-state index < -0.39 is 0 Å². The van der Waals surface area contributed by atoms with Crippen LogP contribution in [0.15, 0.2) is 71.9 Å². The molecule has 1 aromatic carbocycles. The van der Waals surface area contributed by atoms with Crippen LogP contribution in [-0.4, -0.2) is 19.5 Å². The van der Waals surface area contributed by atoms with Gasteiger partial charge < -0.3 is 5.73 Å². The third-order valence-corrected chi connectivity index (χ3v) is 5.92. The molecule has 3 aromatic heterocycles. The summed E-state index contributed by atoms with van der Waals surface area (Å²) in [5, 5.41) is 0.744. The molecule has 0 radical (unpaired) electrons. The normalized spacial score (nSPS) is 13.9. The molecule has 0 saturated carbocycles. The van der Waals surface area contributed by atoms with Gasteiger partial charge in [0.25, 0.3) is 0 Å². The van der Waals surface area contributed by atoms with Crippen LogP contribution in [0.5, 0.6) is 0 Å². The molecular formula is C25H22ClN5. The molecule has 2 N–H and O–H groups in total. The van der Waals surface area contributed by atoms with Crippen LogP contribution in [0.2, 0.25) is 0 Å². The number of nitrogens with two attached hydrogens (primary N) is 1. The highest BCUT2D eigenvalue weighted by atomic mass is 35.5. The second-order valence-electron chi connectivity index (χ2n) is 7.51. The summed E-state index contributed by atoms with van der Waals surface area (Å²) in [4.78, 5) is 14.1. The molecule has 154 valence electrons. The quantitative estimate of drug-likeness (QED) is 0.438. The number of imidazole rings is 1. The monoisotopic (exact) mass is 427 g/mol. The minimum absolute atomic E-state index is 0.436. The maximum atomic E-state index is 6.49. The Bertz CT molecular complexity index is 1330. The Morgan fingerprint density at radius 1 is 1.00 bits per heavy atom. The Morgan fingerprint density at radius 2 is 1.81 bits per heavy atom. The van der Waals surface area contributed by atoms with Crippen molar-refractivity contribution in [3.63, 3.8) is 0 Å². The first-order valence-electron chi connectivity index (χ1n) is 10.4. The van der Waals surface area contributed by atoms with E-state index in [0.717, 1.165) is 58.0 Å². The maximum absolute atomic E-state index is 6.49. The SMILES string of the molecule is CCc1ccc(-n2c(-c3cccnc3N)nc3ccc(C4=CCCC=C4Cl)nc32)cc1. The van der Waals surface area contributed by atoms with Crippen molar-refractivity contribution in [3.8, 4) is 17.1 Å². The second-order valence-corrected chi connectivity index (χ2v) is 7.92. The molecule has 3 heterocycles. The van der Waals surface area contributed by atoms with Gasteiger partial charge in [-0.15, -0.1) is 0 Å². The zero-order valence-electron chi connectivity index (χ0n) is 17.2. The van der Waals surface area contributed by atoms with Gasteiger partial charge in [0.2, 0.25) is 0 Å². The van der Waals surface area contributed by atoms with E-state index >= 15 is 0 Å². The lowest BCUT2D eigenvalue weighted by atomic mass is 10.0. The number of anilines is 1. The average Bonchev–Trinajstić information content (AvgIpc) is 3.18. The Kier molecular flexibility index (Phi) is 5.04. The number of nitrogens with zero attached hydrogens (tertiary/aromatic N) is 4. The van der Waals surface area contributed by atoms with Gasteiger partial charge >= 0.3 is 0 Å². The van der Waals surface area contributed by atoms with Crippen molar-refractivity contribution in [2.75, 3.05) is 5.73 Å². The second kappa shape index (κ2) is 8.00. The average molecular weight is 428 g/mol. The molecule has 0 fully saturated rings. The van der Waals surface area contributed by atoms with Gasteiger partial charge in [-0.1, -0.05) is 42.8 Å². The number of hydrogen-bond acceptors (Lipinski definition) is 4. The van der Waals surface area contributed by atoms with Gasteiger partial charge in [-0.05, 0) is 61.2 Å². The number of aromatic nitrogens is 4. The first-order chi connectivity index (χ1) is 15.2. The third-order valence-electron chi connectivity index (χ3n) is 5.56. The molecule has 0 saturated heterocycles. The number of rotatable bonds is 4. The molecule has 6 heteroatoms. The number of benzene rings is 1. The van der Waals surface area contributed by atoms with Crippen molar-refractivity contribution >= 4 is 34.2 Å². The number of allylic oxidation sites excluding steroid dienone is 4. The van der Waals surface area contributed by atoms with E-state index in [2.05, 4.69) is 42.2 Å². The largest absolute Gasteiger partial charge is 0.383 e. The molecule has 0 aliphatic heterocycles. The van der Waals surface area contributed by atoms with Gasteiger partial charge in [0.05, 0.1) is 11.3 Å². The Labute approximate surface area is 185 Å². The van der Waals surface area contributed by atoms with Gasteiger partial charge in [-0.2, -0.15) is 0 Å². The van der Waals surface area contributed by atoms with E-state index in [0.29, 0.717) is 11.6 Å². The van der Waals surface area contributed by atoms with Crippen LogP contribution >= 0.6 is 11.6 Å². The van der Waals surface area contributed by atoms with E-state index in [4.69, 9.17) is 27.3 Å². The number of fused-ring (bicyclic) bond motifs is 1. The van der Waals surface area contributed by atoms with Crippen molar-refractivity contribution in [1.29, 1.82) is 0 Å². The zero-order valence-corrected chi connectivity index (χ0v) is 18.0. The number of pyridine rings is 2. The summed E-state index contributed by atoms with van der Waals surface area (Å²) in [5.41, 5.74) is 12.6. The predicted octanol–water partition coefficient (Wildman–Crippen LogP) is 5.93. The van der Waals surface area contributed by atoms with Crippen LogP contribution in [0.4, 0.5) is 5.82 Å². The van der Waals surface area contributed by atoms with E-state index in [-0.39, 0.29) is 0 Å². The predicted molar refractivity (Wildman–Crippen MR) is 127 cm³/mol. The molecule has 1 aliphatic carbocycles. The van der Waals surface area contributed by atoms with Crippen LogP contribution < -0.4 is 5.73 Å². The van der Waals surface area contributed by atoms with E-state index in [9.17, 15) is 0 Å². The number of halogens is 1. The van der Waals surface area contributed by atoms with Crippen molar-refractivity contribution < 1.29 is 0 Å². The molecule has 31 heavy (non-hydrogen) atoms. The Balaban J connectivity index is 1.77. The summed E-state index contributed by atoms with van der Waals surface area (Å²) < 4.78 is 2.05. The van der Waals surface area contributed by atoms with Crippen LogP contribution in [-0.2, 0) is 6.42 Å². The highest BCUT2D eigenvalue weighted by molar-refractivity contribution is 6.37. The molecule has 5 nitrogen and oxygen atoms in total. The number of hydrogen-bond donors (Lipinski definition) is 1. The molecule has 0 bridgehead atoms. The minimum Gasteiger partial charge on any atom is -0.383 e. The summed E-state index contributed by atoms with van der Waals surface area (Å²) in [6.07, 6.45) is 8.77. The topological polar surface area (TPSA) is 69.6 Å². The molecule has 0 unspecified atom stereocenters. The van der Waals surface area contributed by atoms with E-state index in [1.807, 2.05) is 34.9 Å².